The van der Waals surface area contributed by atoms with Crippen molar-refractivity contribution in [3.63, 3.8) is 0 Å². The standard InChI is InChI=1S/C7H22O3Si3/c1-6-7-13(8,9-11(2)3)10-12(4)5/h8,11-12H,6-7H2,1-5H3. The van der Waals surface area contributed by atoms with Crippen LogP contribution in [0.15, 0.2) is 0 Å². The molecule has 0 aliphatic carbocycles. The van der Waals surface area contributed by atoms with Crippen LogP contribution in [-0.4, -0.2) is 31.7 Å². The van der Waals surface area contributed by atoms with Crippen LogP contribution in [0.1, 0.15) is 13.3 Å². The lowest BCUT2D eigenvalue weighted by Crippen LogP contribution is -2.48. The summed E-state index contributed by atoms with van der Waals surface area (Å²) in [6.45, 7) is 10.3. The van der Waals surface area contributed by atoms with Gasteiger partial charge in [0, 0.05) is 6.04 Å². The fourth-order valence-corrected chi connectivity index (χ4v) is 9.39. The molecule has 0 unspecified atom stereocenters. The molecule has 0 saturated heterocycles. The zero-order valence-electron chi connectivity index (χ0n) is 9.33. The minimum atomic E-state index is -2.75. The van der Waals surface area contributed by atoms with Crippen molar-refractivity contribution in [2.45, 2.75) is 45.6 Å². The van der Waals surface area contributed by atoms with Gasteiger partial charge in [-0.15, -0.1) is 0 Å². The van der Waals surface area contributed by atoms with E-state index in [-0.39, 0.29) is 0 Å². The molecule has 6 heteroatoms. The van der Waals surface area contributed by atoms with Crippen LogP contribution < -0.4 is 0 Å². The van der Waals surface area contributed by atoms with Crippen LogP contribution in [0, 0.1) is 0 Å². The average molecular weight is 239 g/mol. The zero-order valence-corrected chi connectivity index (χ0v) is 12.6. The van der Waals surface area contributed by atoms with E-state index < -0.39 is 26.9 Å². The zero-order chi connectivity index (χ0) is 10.5. The van der Waals surface area contributed by atoms with Gasteiger partial charge in [-0.3, -0.25) is 0 Å². The molecule has 0 aliphatic rings. The topological polar surface area (TPSA) is 38.7 Å². The maximum Gasteiger partial charge on any atom is 0.476 e. The fraction of sp³-hybridized carbons (Fsp3) is 1.00. The molecule has 0 fully saturated rings. The Kier molecular flexibility index (Phi) is 6.35. The Morgan fingerprint density at radius 1 is 1.08 bits per heavy atom. The van der Waals surface area contributed by atoms with E-state index in [1.54, 1.807) is 0 Å². The summed E-state index contributed by atoms with van der Waals surface area (Å²) in [5, 5.41) is 0. The minimum absolute atomic E-state index is 0.712. The summed E-state index contributed by atoms with van der Waals surface area (Å²) in [6.07, 6.45) is 0.935. The van der Waals surface area contributed by atoms with Crippen molar-refractivity contribution < 1.29 is 13.0 Å². The molecule has 0 atom stereocenters. The second-order valence-corrected chi connectivity index (χ2v) is 11.8. The highest BCUT2D eigenvalue weighted by molar-refractivity contribution is 6.74. The Bertz CT molecular complexity index is 131. The van der Waals surface area contributed by atoms with Gasteiger partial charge < -0.3 is 13.0 Å². The van der Waals surface area contributed by atoms with Crippen LogP contribution in [0.5, 0.6) is 0 Å². The molecular weight excluding hydrogens is 216 g/mol. The summed E-state index contributed by atoms with van der Waals surface area (Å²) in [4.78, 5) is 10.1. The molecule has 80 valence electrons. The third-order valence-electron chi connectivity index (χ3n) is 1.41. The van der Waals surface area contributed by atoms with E-state index in [9.17, 15) is 4.80 Å². The summed E-state index contributed by atoms with van der Waals surface area (Å²) in [5.41, 5.74) is 0. The summed E-state index contributed by atoms with van der Waals surface area (Å²) in [6, 6.07) is 0.712. The maximum absolute atomic E-state index is 10.1. The van der Waals surface area contributed by atoms with Crippen molar-refractivity contribution in [2.75, 3.05) is 0 Å². The maximum atomic E-state index is 10.1. The van der Waals surface area contributed by atoms with Crippen LogP contribution in [0.25, 0.3) is 0 Å². The number of hydrogen-bond donors (Lipinski definition) is 1. The lowest BCUT2D eigenvalue weighted by atomic mass is 10.6. The largest absolute Gasteiger partial charge is 0.476 e. The monoisotopic (exact) mass is 238 g/mol. The van der Waals surface area contributed by atoms with Gasteiger partial charge in [-0.2, -0.15) is 0 Å². The van der Waals surface area contributed by atoms with Gasteiger partial charge in [0.25, 0.3) is 0 Å². The Balaban J connectivity index is 4.15. The smallest absolute Gasteiger partial charge is 0.419 e. The molecule has 0 amide bonds. The third-order valence-corrected chi connectivity index (χ3v) is 9.26. The van der Waals surface area contributed by atoms with E-state index >= 15 is 0 Å². The van der Waals surface area contributed by atoms with Gasteiger partial charge >= 0.3 is 8.80 Å². The van der Waals surface area contributed by atoms with E-state index in [2.05, 4.69) is 33.1 Å². The first-order valence-corrected chi connectivity index (χ1v) is 12.5. The predicted molar refractivity (Wildman–Crippen MR) is 63.0 cm³/mol. The van der Waals surface area contributed by atoms with E-state index in [4.69, 9.17) is 8.23 Å². The van der Waals surface area contributed by atoms with Crippen LogP contribution in [0.4, 0.5) is 0 Å². The average Bonchev–Trinajstić information content (AvgIpc) is 1.81. The van der Waals surface area contributed by atoms with Crippen molar-refractivity contribution >= 4 is 26.9 Å². The summed E-state index contributed by atoms with van der Waals surface area (Å²) in [5.74, 6) is 0. The first-order valence-electron chi connectivity index (χ1n) is 4.97. The highest BCUT2D eigenvalue weighted by Crippen LogP contribution is 2.14. The SMILES string of the molecule is CCC[Si](O)(O[SiH](C)C)O[SiH](C)C. The van der Waals surface area contributed by atoms with Crippen molar-refractivity contribution in [3.05, 3.63) is 0 Å². The van der Waals surface area contributed by atoms with E-state index in [0.717, 1.165) is 6.42 Å². The second kappa shape index (κ2) is 6.10. The molecule has 0 rings (SSSR count). The predicted octanol–water partition coefficient (Wildman–Crippen LogP) is 1.33. The molecule has 1 N–H and O–H groups in total. The van der Waals surface area contributed by atoms with Crippen LogP contribution >= 0.6 is 0 Å². The van der Waals surface area contributed by atoms with Crippen LogP contribution in [-0.2, 0) is 8.23 Å². The van der Waals surface area contributed by atoms with Crippen molar-refractivity contribution in [3.8, 4) is 0 Å². The van der Waals surface area contributed by atoms with Crippen LogP contribution in [0.2, 0.25) is 32.2 Å². The van der Waals surface area contributed by atoms with Gasteiger partial charge in [0.1, 0.15) is 0 Å². The Hall–Kier alpha value is 0.531. The lowest BCUT2D eigenvalue weighted by Gasteiger charge is -2.28. The van der Waals surface area contributed by atoms with Crippen molar-refractivity contribution in [2.24, 2.45) is 0 Å². The Labute approximate surface area is 85.9 Å². The van der Waals surface area contributed by atoms with Gasteiger partial charge in [0.05, 0.1) is 0 Å². The number of hydrogen-bond acceptors (Lipinski definition) is 3. The molecule has 0 heterocycles. The quantitative estimate of drug-likeness (QED) is 0.710. The first kappa shape index (κ1) is 13.5. The summed E-state index contributed by atoms with van der Waals surface area (Å²) < 4.78 is 11.3. The highest BCUT2D eigenvalue weighted by Gasteiger charge is 2.37. The van der Waals surface area contributed by atoms with E-state index in [0.29, 0.717) is 6.04 Å². The van der Waals surface area contributed by atoms with Gasteiger partial charge in [0.15, 0.2) is 18.1 Å². The molecular formula is C7H22O3Si3. The molecule has 0 saturated carbocycles. The number of rotatable bonds is 6. The van der Waals surface area contributed by atoms with Crippen molar-refractivity contribution in [1.82, 2.24) is 0 Å². The molecule has 0 aliphatic heterocycles. The molecule has 3 nitrogen and oxygen atoms in total. The molecule has 0 aromatic rings. The molecule has 0 aromatic carbocycles. The summed E-state index contributed by atoms with van der Waals surface area (Å²) in [7, 11) is -5.11. The lowest BCUT2D eigenvalue weighted by molar-refractivity contribution is 0.254. The molecule has 0 aromatic heterocycles. The highest BCUT2D eigenvalue weighted by atomic mass is 28.5. The third kappa shape index (κ3) is 6.58. The Morgan fingerprint density at radius 2 is 1.46 bits per heavy atom. The van der Waals surface area contributed by atoms with Gasteiger partial charge in [-0.25, -0.2) is 0 Å². The summed E-state index contributed by atoms with van der Waals surface area (Å²) >= 11 is 0. The van der Waals surface area contributed by atoms with Crippen molar-refractivity contribution in [1.29, 1.82) is 0 Å². The van der Waals surface area contributed by atoms with E-state index in [1.165, 1.54) is 0 Å². The molecule has 0 radical (unpaired) electrons. The van der Waals surface area contributed by atoms with E-state index in [1.807, 2.05) is 0 Å². The molecule has 0 bridgehead atoms. The normalized spacial score (nSPS) is 12.9. The second-order valence-electron chi connectivity index (χ2n) is 3.80. The Morgan fingerprint density at radius 3 is 1.69 bits per heavy atom. The fourth-order valence-electron chi connectivity index (χ4n) is 1.20. The van der Waals surface area contributed by atoms with Gasteiger partial charge in [0.2, 0.25) is 0 Å². The van der Waals surface area contributed by atoms with Gasteiger partial charge in [-0.1, -0.05) is 13.3 Å². The molecule has 13 heavy (non-hydrogen) atoms. The first-order chi connectivity index (χ1) is 5.89. The minimum Gasteiger partial charge on any atom is -0.419 e. The van der Waals surface area contributed by atoms with Gasteiger partial charge in [-0.05, 0) is 26.2 Å². The van der Waals surface area contributed by atoms with Crippen LogP contribution in [0.3, 0.4) is 0 Å². The molecule has 0 spiro atoms.